The molecule has 0 aliphatic rings. The van der Waals surface area contributed by atoms with Gasteiger partial charge in [0.05, 0.1) is 16.9 Å². The van der Waals surface area contributed by atoms with Crippen LogP contribution in [-0.4, -0.2) is 14.5 Å². The molecule has 0 aliphatic heterocycles. The first-order valence-electron chi connectivity index (χ1n) is 6.44. The van der Waals surface area contributed by atoms with Gasteiger partial charge in [-0.15, -0.1) is 11.6 Å². The van der Waals surface area contributed by atoms with Crippen LogP contribution in [0.5, 0.6) is 0 Å². The number of halogens is 3. The normalized spacial score (nSPS) is 12.8. The van der Waals surface area contributed by atoms with E-state index in [-0.39, 0.29) is 17.7 Å². The van der Waals surface area contributed by atoms with Gasteiger partial charge in [-0.05, 0) is 19.1 Å². The Morgan fingerprint density at radius 1 is 1.33 bits per heavy atom. The fraction of sp³-hybridized carbons (Fsp3) is 0.200. The molecule has 2 aromatic heterocycles. The lowest BCUT2D eigenvalue weighted by Crippen LogP contribution is -2.12. The monoisotopic (exact) mass is 323 g/mol. The summed E-state index contributed by atoms with van der Waals surface area (Å²) in [4.78, 5) is 8.74. The standard InChI is InChI=1S/C15H12Cl2FN3/c1-9(11-4-2-3-5-12(11)18)21-14(7-16)20-13-6-10(17)8-19-15(13)21/h2-6,8-9H,7H2,1H3. The number of pyridine rings is 1. The molecule has 0 spiro atoms. The summed E-state index contributed by atoms with van der Waals surface area (Å²) in [5, 5.41) is 0.506. The van der Waals surface area contributed by atoms with Crippen molar-refractivity contribution in [2.75, 3.05) is 0 Å². The molecule has 0 N–H and O–H groups in total. The molecular weight excluding hydrogens is 312 g/mol. The summed E-state index contributed by atoms with van der Waals surface area (Å²) in [7, 11) is 0. The van der Waals surface area contributed by atoms with Crippen molar-refractivity contribution in [3.05, 3.63) is 58.8 Å². The number of hydrogen-bond acceptors (Lipinski definition) is 2. The summed E-state index contributed by atoms with van der Waals surface area (Å²) in [6.07, 6.45) is 1.55. The van der Waals surface area contributed by atoms with E-state index in [0.717, 1.165) is 0 Å². The van der Waals surface area contributed by atoms with Crippen LogP contribution in [0.3, 0.4) is 0 Å². The van der Waals surface area contributed by atoms with Gasteiger partial charge in [0, 0.05) is 11.8 Å². The first-order valence-corrected chi connectivity index (χ1v) is 7.36. The van der Waals surface area contributed by atoms with E-state index in [9.17, 15) is 4.39 Å². The van der Waals surface area contributed by atoms with Crippen molar-refractivity contribution in [3.63, 3.8) is 0 Å². The smallest absolute Gasteiger partial charge is 0.160 e. The van der Waals surface area contributed by atoms with E-state index in [1.807, 2.05) is 11.5 Å². The maximum atomic E-state index is 14.0. The number of imidazole rings is 1. The van der Waals surface area contributed by atoms with Crippen LogP contribution >= 0.6 is 23.2 Å². The SMILES string of the molecule is CC(c1ccccc1F)n1c(CCl)nc2cc(Cl)cnc21. The van der Waals surface area contributed by atoms with Crippen molar-refractivity contribution >= 4 is 34.4 Å². The molecule has 2 heterocycles. The molecule has 0 amide bonds. The lowest BCUT2D eigenvalue weighted by Gasteiger charge is -2.17. The summed E-state index contributed by atoms with van der Waals surface area (Å²) < 4.78 is 15.9. The number of rotatable bonds is 3. The lowest BCUT2D eigenvalue weighted by atomic mass is 10.1. The number of benzene rings is 1. The largest absolute Gasteiger partial charge is 0.304 e. The van der Waals surface area contributed by atoms with Crippen LogP contribution < -0.4 is 0 Å². The van der Waals surface area contributed by atoms with Gasteiger partial charge in [0.25, 0.3) is 0 Å². The van der Waals surface area contributed by atoms with Gasteiger partial charge >= 0.3 is 0 Å². The molecule has 1 aromatic carbocycles. The van der Waals surface area contributed by atoms with E-state index in [1.165, 1.54) is 6.07 Å². The Morgan fingerprint density at radius 2 is 2.10 bits per heavy atom. The lowest BCUT2D eigenvalue weighted by molar-refractivity contribution is 0.555. The zero-order chi connectivity index (χ0) is 15.0. The van der Waals surface area contributed by atoms with Gasteiger partial charge in [-0.2, -0.15) is 0 Å². The zero-order valence-electron chi connectivity index (χ0n) is 11.2. The molecule has 3 aromatic rings. The van der Waals surface area contributed by atoms with Gasteiger partial charge < -0.3 is 4.57 Å². The van der Waals surface area contributed by atoms with Crippen molar-refractivity contribution in [1.82, 2.24) is 14.5 Å². The van der Waals surface area contributed by atoms with Gasteiger partial charge in [-0.25, -0.2) is 14.4 Å². The molecule has 108 valence electrons. The molecule has 0 bridgehead atoms. The predicted molar refractivity (Wildman–Crippen MR) is 82.3 cm³/mol. The summed E-state index contributed by atoms with van der Waals surface area (Å²) in [6, 6.07) is 8.12. The van der Waals surface area contributed by atoms with Crippen molar-refractivity contribution in [2.45, 2.75) is 18.8 Å². The maximum absolute atomic E-state index is 14.0. The first-order chi connectivity index (χ1) is 10.1. The van der Waals surface area contributed by atoms with Crippen molar-refractivity contribution in [3.8, 4) is 0 Å². The molecule has 3 rings (SSSR count). The predicted octanol–water partition coefficient (Wildman–Crippen LogP) is 4.57. The fourth-order valence-electron chi connectivity index (χ4n) is 2.46. The highest BCUT2D eigenvalue weighted by Crippen LogP contribution is 2.28. The molecule has 0 aliphatic carbocycles. The van der Waals surface area contributed by atoms with E-state index >= 15 is 0 Å². The van der Waals surface area contributed by atoms with E-state index in [4.69, 9.17) is 23.2 Å². The van der Waals surface area contributed by atoms with Crippen molar-refractivity contribution < 1.29 is 4.39 Å². The van der Waals surface area contributed by atoms with Gasteiger partial charge in [0.1, 0.15) is 17.2 Å². The Hall–Kier alpha value is -1.65. The minimum absolute atomic E-state index is 0.215. The van der Waals surface area contributed by atoms with Crippen LogP contribution in [0, 0.1) is 5.82 Å². The summed E-state index contributed by atoms with van der Waals surface area (Å²) in [5.41, 5.74) is 1.87. The molecule has 3 nitrogen and oxygen atoms in total. The summed E-state index contributed by atoms with van der Waals surface area (Å²) >= 11 is 11.9. The number of aromatic nitrogens is 3. The van der Waals surface area contributed by atoms with Gasteiger partial charge in [-0.3, -0.25) is 0 Å². The Morgan fingerprint density at radius 3 is 2.81 bits per heavy atom. The molecular formula is C15H12Cl2FN3. The quantitative estimate of drug-likeness (QED) is 0.661. The van der Waals surface area contributed by atoms with Gasteiger partial charge in [-0.1, -0.05) is 29.8 Å². The van der Waals surface area contributed by atoms with Crippen molar-refractivity contribution in [1.29, 1.82) is 0 Å². The molecule has 1 unspecified atom stereocenters. The van der Waals surface area contributed by atoms with Gasteiger partial charge in [0.15, 0.2) is 5.65 Å². The van der Waals surface area contributed by atoms with E-state index < -0.39 is 0 Å². The molecule has 0 radical (unpaired) electrons. The van der Waals surface area contributed by atoms with E-state index in [0.29, 0.717) is 27.6 Å². The molecule has 0 saturated heterocycles. The van der Waals surface area contributed by atoms with Crippen LogP contribution in [0.1, 0.15) is 24.4 Å². The first kappa shape index (κ1) is 14.3. The Labute approximate surface area is 131 Å². The molecule has 0 fully saturated rings. The molecule has 21 heavy (non-hydrogen) atoms. The minimum Gasteiger partial charge on any atom is -0.304 e. The van der Waals surface area contributed by atoms with E-state index in [1.54, 1.807) is 30.5 Å². The maximum Gasteiger partial charge on any atom is 0.160 e. The highest BCUT2D eigenvalue weighted by molar-refractivity contribution is 6.31. The minimum atomic E-state index is -0.265. The third-order valence-corrected chi connectivity index (χ3v) is 3.88. The van der Waals surface area contributed by atoms with Crippen molar-refractivity contribution in [2.24, 2.45) is 0 Å². The van der Waals surface area contributed by atoms with Crippen LogP contribution in [0.4, 0.5) is 4.39 Å². The molecule has 6 heteroatoms. The molecule has 1 atom stereocenters. The van der Waals surface area contributed by atoms with Crippen LogP contribution in [0.2, 0.25) is 5.02 Å². The van der Waals surface area contributed by atoms with Gasteiger partial charge in [0.2, 0.25) is 0 Å². The fourth-order valence-corrected chi connectivity index (χ4v) is 2.80. The average Bonchev–Trinajstić information content (AvgIpc) is 2.84. The van der Waals surface area contributed by atoms with Crippen LogP contribution in [-0.2, 0) is 5.88 Å². The average molecular weight is 324 g/mol. The van der Waals surface area contributed by atoms with E-state index in [2.05, 4.69) is 9.97 Å². The number of hydrogen-bond donors (Lipinski definition) is 0. The van der Waals surface area contributed by atoms with Crippen LogP contribution in [0.15, 0.2) is 36.5 Å². The third-order valence-electron chi connectivity index (χ3n) is 3.43. The second kappa shape index (κ2) is 5.62. The highest BCUT2D eigenvalue weighted by atomic mass is 35.5. The second-order valence-corrected chi connectivity index (χ2v) is 5.43. The third kappa shape index (κ3) is 2.49. The second-order valence-electron chi connectivity index (χ2n) is 4.73. The number of nitrogens with zero attached hydrogens (tertiary/aromatic N) is 3. The highest BCUT2D eigenvalue weighted by Gasteiger charge is 2.20. The molecule has 0 saturated carbocycles. The number of alkyl halides is 1. The Bertz CT molecular complexity index is 801. The van der Waals surface area contributed by atoms with Crippen LogP contribution in [0.25, 0.3) is 11.2 Å². The topological polar surface area (TPSA) is 30.7 Å². The zero-order valence-corrected chi connectivity index (χ0v) is 12.7. The Balaban J connectivity index is 2.21. The summed E-state index contributed by atoms with van der Waals surface area (Å²) in [6.45, 7) is 1.89. The summed E-state index contributed by atoms with van der Waals surface area (Å²) in [5.74, 6) is 0.589. The Kier molecular flexibility index (Phi) is 3.83. The number of fused-ring (bicyclic) bond motifs is 1.